The summed E-state index contributed by atoms with van der Waals surface area (Å²) in [5, 5.41) is 17.1. The molecule has 8 nitrogen and oxygen atoms in total. The Morgan fingerprint density at radius 2 is 1.88 bits per heavy atom. The van der Waals surface area contributed by atoms with Gasteiger partial charge in [0.1, 0.15) is 0 Å². The summed E-state index contributed by atoms with van der Waals surface area (Å²) in [5.74, 6) is 0.243. The van der Waals surface area contributed by atoms with E-state index in [1.54, 1.807) is 6.08 Å². The predicted molar refractivity (Wildman–Crippen MR) is 93.7 cm³/mol. The molecule has 3 rings (SSSR count). The van der Waals surface area contributed by atoms with Gasteiger partial charge in [-0.2, -0.15) is 4.98 Å². The Morgan fingerprint density at radius 1 is 1.15 bits per heavy atom. The van der Waals surface area contributed by atoms with Crippen molar-refractivity contribution in [2.75, 3.05) is 0 Å². The van der Waals surface area contributed by atoms with E-state index in [4.69, 9.17) is 4.52 Å². The van der Waals surface area contributed by atoms with E-state index >= 15 is 0 Å². The van der Waals surface area contributed by atoms with E-state index in [1.807, 2.05) is 30.3 Å². The number of rotatable bonds is 6. The molecule has 1 aromatic heterocycles. The van der Waals surface area contributed by atoms with Crippen LogP contribution in [0.2, 0.25) is 0 Å². The van der Waals surface area contributed by atoms with Crippen LogP contribution < -0.4 is 5.32 Å². The molecule has 2 aromatic carbocycles. The molecule has 1 heterocycles. The lowest BCUT2D eigenvalue weighted by atomic mass is 10.2. The maximum atomic E-state index is 11.8. The van der Waals surface area contributed by atoms with Crippen molar-refractivity contribution < 1.29 is 14.2 Å². The van der Waals surface area contributed by atoms with Crippen LogP contribution in [0.5, 0.6) is 0 Å². The van der Waals surface area contributed by atoms with E-state index in [1.165, 1.54) is 30.3 Å². The van der Waals surface area contributed by atoms with Crippen LogP contribution in [0.3, 0.4) is 0 Å². The molecule has 0 aliphatic heterocycles. The Labute approximate surface area is 148 Å². The second-order valence-electron chi connectivity index (χ2n) is 5.28. The summed E-state index contributed by atoms with van der Waals surface area (Å²) in [7, 11) is 0. The van der Waals surface area contributed by atoms with Crippen LogP contribution in [0, 0.1) is 10.1 Å². The Bertz CT molecular complexity index is 933. The number of aromatic nitrogens is 2. The highest BCUT2D eigenvalue weighted by Gasteiger charge is 2.11. The number of nitrogens with one attached hydrogen (secondary N) is 1. The molecule has 0 radical (unpaired) electrons. The van der Waals surface area contributed by atoms with E-state index in [0.29, 0.717) is 11.4 Å². The monoisotopic (exact) mass is 350 g/mol. The summed E-state index contributed by atoms with van der Waals surface area (Å²) in [5.41, 5.74) is 1.48. The average Bonchev–Trinajstić information content (AvgIpc) is 3.14. The SMILES string of the molecule is O=C(/C=C/c1ccccc1)NCc1nc(-c2ccc([N+](=O)[O-])cc2)no1. The zero-order valence-electron chi connectivity index (χ0n) is 13.5. The molecule has 0 spiro atoms. The molecule has 0 atom stereocenters. The number of carbonyl (C=O) groups is 1. The molecule has 8 heteroatoms. The third kappa shape index (κ3) is 4.38. The summed E-state index contributed by atoms with van der Waals surface area (Å²) in [6.45, 7) is 0.0813. The number of carbonyl (C=O) groups excluding carboxylic acids is 1. The quantitative estimate of drug-likeness (QED) is 0.415. The first-order valence-electron chi connectivity index (χ1n) is 7.70. The van der Waals surface area contributed by atoms with Gasteiger partial charge < -0.3 is 9.84 Å². The molecule has 26 heavy (non-hydrogen) atoms. The molecular formula is C18H14N4O4. The molecule has 1 amide bonds. The Hall–Kier alpha value is -3.81. The van der Waals surface area contributed by atoms with E-state index in [9.17, 15) is 14.9 Å². The molecule has 0 saturated heterocycles. The Morgan fingerprint density at radius 3 is 2.58 bits per heavy atom. The lowest BCUT2D eigenvalue weighted by Crippen LogP contribution is -2.20. The van der Waals surface area contributed by atoms with Gasteiger partial charge in [0.15, 0.2) is 0 Å². The molecule has 0 aliphatic rings. The average molecular weight is 350 g/mol. The van der Waals surface area contributed by atoms with Gasteiger partial charge in [0.2, 0.25) is 17.6 Å². The zero-order valence-corrected chi connectivity index (χ0v) is 13.5. The lowest BCUT2D eigenvalue weighted by Gasteiger charge is -1.97. The van der Waals surface area contributed by atoms with Gasteiger partial charge >= 0.3 is 0 Å². The van der Waals surface area contributed by atoms with Gasteiger partial charge in [-0.25, -0.2) is 0 Å². The second kappa shape index (κ2) is 7.84. The van der Waals surface area contributed by atoms with Gasteiger partial charge in [0.25, 0.3) is 5.69 Å². The van der Waals surface area contributed by atoms with Crippen LogP contribution in [0.25, 0.3) is 17.5 Å². The summed E-state index contributed by atoms with van der Waals surface area (Å²) < 4.78 is 5.08. The van der Waals surface area contributed by atoms with Crippen LogP contribution in [-0.4, -0.2) is 21.0 Å². The van der Waals surface area contributed by atoms with Crippen molar-refractivity contribution in [3.8, 4) is 11.4 Å². The highest BCUT2D eigenvalue weighted by atomic mass is 16.6. The van der Waals surface area contributed by atoms with Gasteiger partial charge in [0, 0.05) is 23.8 Å². The Balaban J connectivity index is 1.57. The third-order valence-electron chi connectivity index (χ3n) is 3.44. The first-order valence-corrected chi connectivity index (χ1v) is 7.70. The molecule has 0 saturated carbocycles. The third-order valence-corrected chi connectivity index (χ3v) is 3.44. The van der Waals surface area contributed by atoms with Crippen LogP contribution in [-0.2, 0) is 11.3 Å². The van der Waals surface area contributed by atoms with E-state index in [-0.39, 0.29) is 24.0 Å². The molecular weight excluding hydrogens is 336 g/mol. The summed E-state index contributed by atoms with van der Waals surface area (Å²) in [4.78, 5) is 26.1. The number of nitrogens with zero attached hydrogens (tertiary/aromatic N) is 3. The van der Waals surface area contributed by atoms with Crippen LogP contribution in [0.4, 0.5) is 5.69 Å². The number of hydrogen-bond donors (Lipinski definition) is 1. The van der Waals surface area contributed by atoms with Crippen molar-refractivity contribution in [1.29, 1.82) is 0 Å². The van der Waals surface area contributed by atoms with Gasteiger partial charge in [-0.15, -0.1) is 0 Å². The highest BCUT2D eigenvalue weighted by molar-refractivity contribution is 5.91. The molecule has 0 bridgehead atoms. The first kappa shape index (κ1) is 17.0. The van der Waals surface area contributed by atoms with Gasteiger partial charge in [0.05, 0.1) is 11.5 Å². The summed E-state index contributed by atoms with van der Waals surface area (Å²) in [6.07, 6.45) is 3.12. The normalized spacial score (nSPS) is 10.8. The predicted octanol–water partition coefficient (Wildman–Crippen LogP) is 2.97. The van der Waals surface area contributed by atoms with Gasteiger partial charge in [-0.1, -0.05) is 35.5 Å². The standard InChI is InChI=1S/C18H14N4O4/c23-16(11-6-13-4-2-1-3-5-13)19-12-17-20-18(21-26-17)14-7-9-15(10-8-14)22(24)25/h1-11H,12H2,(H,19,23)/b11-6+. The van der Waals surface area contributed by atoms with Crippen LogP contribution >= 0.6 is 0 Å². The van der Waals surface area contributed by atoms with Crippen molar-refractivity contribution in [3.63, 3.8) is 0 Å². The lowest BCUT2D eigenvalue weighted by molar-refractivity contribution is -0.384. The molecule has 1 N–H and O–H groups in total. The fourth-order valence-electron chi connectivity index (χ4n) is 2.13. The number of benzene rings is 2. The fraction of sp³-hybridized carbons (Fsp3) is 0.0556. The molecule has 0 unspecified atom stereocenters. The molecule has 0 fully saturated rings. The molecule has 0 aliphatic carbocycles. The molecule has 130 valence electrons. The maximum Gasteiger partial charge on any atom is 0.269 e. The largest absolute Gasteiger partial charge is 0.343 e. The zero-order chi connectivity index (χ0) is 18.4. The minimum atomic E-state index is -0.482. The van der Waals surface area contributed by atoms with Crippen molar-refractivity contribution >= 4 is 17.7 Å². The van der Waals surface area contributed by atoms with E-state index < -0.39 is 4.92 Å². The van der Waals surface area contributed by atoms with Crippen molar-refractivity contribution in [3.05, 3.63) is 82.2 Å². The minimum Gasteiger partial charge on any atom is -0.343 e. The van der Waals surface area contributed by atoms with Crippen molar-refractivity contribution in [2.45, 2.75) is 6.54 Å². The maximum absolute atomic E-state index is 11.8. The van der Waals surface area contributed by atoms with Crippen LogP contribution in [0.15, 0.2) is 65.2 Å². The van der Waals surface area contributed by atoms with Gasteiger partial charge in [-0.05, 0) is 23.8 Å². The summed E-state index contributed by atoms with van der Waals surface area (Å²) >= 11 is 0. The topological polar surface area (TPSA) is 111 Å². The Kier molecular flexibility index (Phi) is 5.14. The number of hydrogen-bond acceptors (Lipinski definition) is 6. The second-order valence-corrected chi connectivity index (χ2v) is 5.28. The smallest absolute Gasteiger partial charge is 0.269 e. The number of nitro benzene ring substituents is 1. The van der Waals surface area contributed by atoms with E-state index in [0.717, 1.165) is 5.56 Å². The fourth-order valence-corrected chi connectivity index (χ4v) is 2.13. The molecule has 3 aromatic rings. The minimum absolute atomic E-state index is 0.0186. The first-order chi connectivity index (χ1) is 12.6. The number of nitro groups is 1. The van der Waals surface area contributed by atoms with E-state index in [2.05, 4.69) is 15.5 Å². The van der Waals surface area contributed by atoms with Gasteiger partial charge in [-0.3, -0.25) is 14.9 Å². The number of amides is 1. The van der Waals surface area contributed by atoms with Crippen LogP contribution in [0.1, 0.15) is 11.5 Å². The number of non-ortho nitro benzene ring substituents is 1. The van der Waals surface area contributed by atoms with Crippen molar-refractivity contribution in [1.82, 2.24) is 15.5 Å². The summed E-state index contributed by atoms with van der Waals surface area (Å²) in [6, 6.07) is 15.2. The van der Waals surface area contributed by atoms with Crippen molar-refractivity contribution in [2.24, 2.45) is 0 Å². The highest BCUT2D eigenvalue weighted by Crippen LogP contribution is 2.19.